The Balaban J connectivity index is 1.81. The van der Waals surface area contributed by atoms with Crippen LogP contribution in [0.4, 0.5) is 4.79 Å². The van der Waals surface area contributed by atoms with Crippen molar-refractivity contribution in [2.45, 2.75) is 33.2 Å². The van der Waals surface area contributed by atoms with Crippen LogP contribution in [0.1, 0.15) is 25.0 Å². The summed E-state index contributed by atoms with van der Waals surface area (Å²) in [5, 5.41) is 0. The molecule has 4 amide bonds. The lowest BCUT2D eigenvalue weighted by Gasteiger charge is -2.31. The average Bonchev–Trinajstić information content (AvgIpc) is 2.77. The lowest BCUT2D eigenvalue weighted by molar-refractivity contribution is -0.133. The number of aryl methyl sites for hydroxylation is 1. The average molecular weight is 387 g/mol. The molecular formula is C21H29N3O4. The summed E-state index contributed by atoms with van der Waals surface area (Å²) in [4.78, 5) is 43.3. The normalized spacial score (nSPS) is 21.7. The van der Waals surface area contributed by atoms with E-state index in [1.165, 1.54) is 4.90 Å². The second-order valence-electron chi connectivity index (χ2n) is 8.45. The molecule has 0 spiro atoms. The van der Waals surface area contributed by atoms with Crippen LogP contribution in [0.3, 0.4) is 0 Å². The summed E-state index contributed by atoms with van der Waals surface area (Å²) in [5.41, 5.74) is 1.76. The Kier molecular flexibility index (Phi) is 5.74. The Hall–Kier alpha value is -2.41. The fraction of sp³-hybridized carbons (Fsp3) is 0.571. The molecule has 0 bridgehead atoms. The molecule has 2 aliphatic rings. The van der Waals surface area contributed by atoms with Gasteiger partial charge < -0.3 is 14.5 Å². The number of amides is 4. The van der Waals surface area contributed by atoms with Crippen LogP contribution in [-0.2, 0) is 20.7 Å². The summed E-state index contributed by atoms with van der Waals surface area (Å²) in [5.74, 6) is -0.256. The predicted molar refractivity (Wildman–Crippen MR) is 105 cm³/mol. The maximum atomic E-state index is 13.1. The topological polar surface area (TPSA) is 70.2 Å². The van der Waals surface area contributed by atoms with Crippen LogP contribution in [0, 0.1) is 12.3 Å². The van der Waals surface area contributed by atoms with Gasteiger partial charge in [0.15, 0.2) is 0 Å². The third-order valence-electron chi connectivity index (χ3n) is 5.49. The maximum absolute atomic E-state index is 13.1. The number of carbonyl (C=O) groups is 3. The molecule has 0 N–H and O–H groups in total. The molecule has 2 aliphatic heterocycles. The summed E-state index contributed by atoms with van der Waals surface area (Å²) < 4.78 is 5.03. The third kappa shape index (κ3) is 4.04. The molecule has 1 atom stereocenters. The van der Waals surface area contributed by atoms with Gasteiger partial charge in [-0.1, -0.05) is 38.1 Å². The fourth-order valence-corrected chi connectivity index (χ4v) is 4.01. The second-order valence-corrected chi connectivity index (χ2v) is 8.45. The number of hydrogen-bond acceptors (Lipinski definition) is 4. The zero-order chi connectivity index (χ0) is 20.5. The SMILES string of the molecule is COCCN1C(=O)C2CN(C(=O)Cc3ccccc3C)CC(C)(C)CN2C1=O. The molecule has 1 unspecified atom stereocenters. The standard InChI is InChI=1S/C21H29N3O4/c1-15-7-5-6-8-16(15)11-18(25)22-12-17-19(26)23(9-10-28-4)20(27)24(17)14-21(2,3)13-22/h5-8,17H,9-14H2,1-4H3. The van der Waals surface area contributed by atoms with E-state index in [1.807, 2.05) is 45.0 Å². The smallest absolute Gasteiger partial charge is 0.327 e. The van der Waals surface area contributed by atoms with Gasteiger partial charge in [0.05, 0.1) is 26.1 Å². The lowest BCUT2D eigenvalue weighted by atomic mass is 9.92. The largest absolute Gasteiger partial charge is 0.383 e. The van der Waals surface area contributed by atoms with Gasteiger partial charge in [-0.05, 0) is 18.1 Å². The summed E-state index contributed by atoms with van der Waals surface area (Å²) in [6.07, 6.45) is 0.297. The van der Waals surface area contributed by atoms with Crippen LogP contribution < -0.4 is 0 Å². The molecule has 0 aromatic heterocycles. The molecule has 3 rings (SSSR count). The number of urea groups is 1. The first-order valence-electron chi connectivity index (χ1n) is 9.67. The molecule has 2 saturated heterocycles. The summed E-state index contributed by atoms with van der Waals surface area (Å²) in [6.45, 7) is 7.78. The summed E-state index contributed by atoms with van der Waals surface area (Å²) >= 11 is 0. The summed E-state index contributed by atoms with van der Waals surface area (Å²) in [7, 11) is 1.54. The van der Waals surface area contributed by atoms with Crippen LogP contribution in [-0.4, -0.2) is 78.5 Å². The van der Waals surface area contributed by atoms with Crippen molar-refractivity contribution in [1.82, 2.24) is 14.7 Å². The number of nitrogens with zero attached hydrogens (tertiary/aromatic N) is 3. The van der Waals surface area contributed by atoms with E-state index >= 15 is 0 Å². The number of benzene rings is 1. The molecule has 0 radical (unpaired) electrons. The van der Waals surface area contributed by atoms with Crippen LogP contribution in [0.25, 0.3) is 0 Å². The van der Waals surface area contributed by atoms with E-state index in [2.05, 4.69) is 0 Å². The number of hydrogen-bond donors (Lipinski definition) is 0. The Morgan fingerprint density at radius 3 is 2.61 bits per heavy atom. The van der Waals surface area contributed by atoms with E-state index in [0.29, 0.717) is 26.1 Å². The molecule has 0 aliphatic carbocycles. The molecule has 28 heavy (non-hydrogen) atoms. The minimum absolute atomic E-state index is 0.0141. The first-order valence-corrected chi connectivity index (χ1v) is 9.67. The van der Waals surface area contributed by atoms with Crippen LogP contribution in [0.2, 0.25) is 0 Å². The van der Waals surface area contributed by atoms with Gasteiger partial charge in [-0.3, -0.25) is 14.5 Å². The summed E-state index contributed by atoms with van der Waals surface area (Å²) in [6, 6.07) is 6.92. The van der Waals surface area contributed by atoms with E-state index in [-0.39, 0.29) is 36.3 Å². The van der Waals surface area contributed by atoms with E-state index < -0.39 is 6.04 Å². The Morgan fingerprint density at radius 2 is 1.93 bits per heavy atom. The molecule has 2 fully saturated rings. The van der Waals surface area contributed by atoms with E-state index in [1.54, 1.807) is 16.9 Å². The van der Waals surface area contributed by atoms with Gasteiger partial charge in [0.2, 0.25) is 5.91 Å². The highest BCUT2D eigenvalue weighted by Gasteiger charge is 2.49. The zero-order valence-electron chi connectivity index (χ0n) is 17.1. The van der Waals surface area contributed by atoms with Crippen molar-refractivity contribution in [3.8, 4) is 0 Å². The zero-order valence-corrected chi connectivity index (χ0v) is 17.1. The number of fused-ring (bicyclic) bond motifs is 1. The van der Waals surface area contributed by atoms with Crippen molar-refractivity contribution in [2.75, 3.05) is 39.9 Å². The van der Waals surface area contributed by atoms with Crippen molar-refractivity contribution in [1.29, 1.82) is 0 Å². The van der Waals surface area contributed by atoms with Gasteiger partial charge in [-0.2, -0.15) is 0 Å². The molecular weight excluding hydrogens is 358 g/mol. The number of ether oxygens (including phenoxy) is 1. The molecule has 1 aromatic rings. The van der Waals surface area contributed by atoms with E-state index in [4.69, 9.17) is 4.74 Å². The number of rotatable bonds is 5. The van der Waals surface area contributed by atoms with E-state index in [9.17, 15) is 14.4 Å². The van der Waals surface area contributed by atoms with Crippen molar-refractivity contribution in [3.63, 3.8) is 0 Å². The Labute approximate surface area is 166 Å². The second kappa shape index (κ2) is 7.91. The van der Waals surface area contributed by atoms with Gasteiger partial charge in [0.25, 0.3) is 5.91 Å². The molecule has 0 saturated carbocycles. The predicted octanol–water partition coefficient (Wildman–Crippen LogP) is 1.69. The fourth-order valence-electron chi connectivity index (χ4n) is 4.01. The monoisotopic (exact) mass is 387 g/mol. The van der Waals surface area contributed by atoms with Gasteiger partial charge >= 0.3 is 6.03 Å². The first-order chi connectivity index (χ1) is 13.2. The van der Waals surface area contributed by atoms with Gasteiger partial charge in [0.1, 0.15) is 6.04 Å². The first kappa shape index (κ1) is 20.3. The van der Waals surface area contributed by atoms with Gasteiger partial charge in [-0.15, -0.1) is 0 Å². The van der Waals surface area contributed by atoms with Crippen molar-refractivity contribution >= 4 is 17.8 Å². The molecule has 1 aromatic carbocycles. The lowest BCUT2D eigenvalue weighted by Crippen LogP contribution is -2.44. The van der Waals surface area contributed by atoms with Crippen LogP contribution >= 0.6 is 0 Å². The number of carbonyl (C=O) groups excluding carboxylic acids is 3. The Morgan fingerprint density at radius 1 is 1.21 bits per heavy atom. The highest BCUT2D eigenvalue weighted by atomic mass is 16.5. The van der Waals surface area contributed by atoms with Crippen molar-refractivity contribution in [2.24, 2.45) is 5.41 Å². The molecule has 152 valence electrons. The maximum Gasteiger partial charge on any atom is 0.327 e. The number of imide groups is 1. The molecule has 7 heteroatoms. The van der Waals surface area contributed by atoms with Crippen LogP contribution in [0.5, 0.6) is 0 Å². The van der Waals surface area contributed by atoms with Crippen molar-refractivity contribution in [3.05, 3.63) is 35.4 Å². The third-order valence-corrected chi connectivity index (χ3v) is 5.49. The van der Waals surface area contributed by atoms with Gasteiger partial charge in [-0.25, -0.2) is 4.79 Å². The quantitative estimate of drug-likeness (QED) is 0.721. The highest BCUT2D eigenvalue weighted by molar-refractivity contribution is 6.04. The molecule has 2 heterocycles. The Bertz CT molecular complexity index is 777. The molecule has 7 nitrogen and oxygen atoms in total. The minimum Gasteiger partial charge on any atom is -0.383 e. The van der Waals surface area contributed by atoms with Crippen LogP contribution in [0.15, 0.2) is 24.3 Å². The highest BCUT2D eigenvalue weighted by Crippen LogP contribution is 2.30. The van der Waals surface area contributed by atoms with Gasteiger partial charge in [0, 0.05) is 25.6 Å². The van der Waals surface area contributed by atoms with E-state index in [0.717, 1.165) is 11.1 Å². The van der Waals surface area contributed by atoms with Crippen molar-refractivity contribution < 1.29 is 19.1 Å². The number of methoxy groups -OCH3 is 1. The minimum atomic E-state index is -0.619.